The maximum atomic E-state index is 14.7. The second kappa shape index (κ2) is 12.6. The number of hydrogen-bond donors (Lipinski definition) is 1. The maximum absolute atomic E-state index is 14.7. The molecule has 1 aliphatic rings. The van der Waals surface area contributed by atoms with E-state index in [2.05, 4.69) is 9.62 Å². The third-order valence-electron chi connectivity index (χ3n) is 8.10. The summed E-state index contributed by atoms with van der Waals surface area (Å²) in [4.78, 5) is 18.5. The van der Waals surface area contributed by atoms with Crippen LogP contribution in [0.1, 0.15) is 38.8 Å². The number of nitrogens with zero attached hydrogens (tertiary/aromatic N) is 2. The van der Waals surface area contributed by atoms with Gasteiger partial charge in [0.05, 0.1) is 30.4 Å². The average molecular weight is 634 g/mol. The summed E-state index contributed by atoms with van der Waals surface area (Å²) in [5.41, 5.74) is 5.74. The minimum absolute atomic E-state index is 0.0129. The molecule has 1 N–H and O–H groups in total. The number of fused-ring (bicyclic) bond motifs is 1. The minimum atomic E-state index is -4.01. The average Bonchev–Trinajstić information content (AvgIpc) is 3.07. The highest BCUT2D eigenvalue weighted by Gasteiger charge is 2.42. The van der Waals surface area contributed by atoms with Gasteiger partial charge in [0, 0.05) is 23.5 Å². The first-order valence-electron chi connectivity index (χ1n) is 14.9. The molecule has 46 heavy (non-hydrogen) atoms. The quantitative estimate of drug-likeness (QED) is 0.181. The lowest BCUT2D eigenvalue weighted by atomic mass is 9.98. The first kappa shape index (κ1) is 30.7. The molecule has 9 heteroatoms. The Bertz CT molecular complexity index is 1980. The lowest BCUT2D eigenvalue weighted by molar-refractivity contribution is 0.0967. The van der Waals surface area contributed by atoms with Crippen molar-refractivity contribution in [2.24, 2.45) is 0 Å². The predicted molar refractivity (Wildman–Crippen MR) is 181 cm³/mol. The highest BCUT2D eigenvalue weighted by atomic mass is 32.2. The zero-order valence-corrected chi connectivity index (χ0v) is 26.9. The summed E-state index contributed by atoms with van der Waals surface area (Å²) in [5.74, 6) is 0.693. The van der Waals surface area contributed by atoms with Crippen molar-refractivity contribution in [2.75, 3.05) is 28.7 Å². The van der Waals surface area contributed by atoms with Crippen LogP contribution in [-0.4, -0.2) is 28.5 Å². The second-order valence-electron chi connectivity index (χ2n) is 11.2. The van der Waals surface area contributed by atoms with Crippen molar-refractivity contribution in [2.45, 2.75) is 31.5 Å². The van der Waals surface area contributed by atoms with Crippen molar-refractivity contribution in [3.05, 3.63) is 143 Å². The fourth-order valence-electron chi connectivity index (χ4n) is 5.79. The van der Waals surface area contributed by atoms with Crippen molar-refractivity contribution in [3.63, 3.8) is 0 Å². The molecule has 0 radical (unpaired) electrons. The molecule has 0 spiro atoms. The Morgan fingerprint density at radius 3 is 2.09 bits per heavy atom. The first-order chi connectivity index (χ1) is 22.2. The molecular formula is C37H35N3O5S. The Kier molecular flexibility index (Phi) is 8.42. The standard InChI is InChI=1S/C37H35N3O5S/c1-25-13-17-28(18-14-25)38-46(42,43)30-21-22-33-32(23-30)37(41)40(29-19-15-26(2)16-20-29)36(39(33)24-27-9-6-5-7-10-27)31-11-8-12-34(44-3)35(31)45-4/h5-23,36,38H,24H2,1-4H3/t36-/m0/s1. The molecular weight excluding hydrogens is 598 g/mol. The van der Waals surface area contributed by atoms with E-state index in [0.717, 1.165) is 22.3 Å². The number of ether oxygens (including phenoxy) is 2. The van der Waals surface area contributed by atoms with Crippen molar-refractivity contribution in [1.82, 2.24) is 0 Å². The van der Waals surface area contributed by atoms with Crippen LogP contribution in [-0.2, 0) is 16.6 Å². The smallest absolute Gasteiger partial charge is 0.262 e. The summed E-state index contributed by atoms with van der Waals surface area (Å²) in [6.07, 6.45) is -0.666. The lowest BCUT2D eigenvalue weighted by Gasteiger charge is -2.46. The van der Waals surface area contributed by atoms with Crippen LogP contribution >= 0.6 is 0 Å². The number of amides is 1. The number of carbonyl (C=O) groups excluding carboxylic acids is 1. The van der Waals surface area contributed by atoms with E-state index < -0.39 is 16.2 Å². The van der Waals surface area contributed by atoms with E-state index in [0.29, 0.717) is 35.1 Å². The van der Waals surface area contributed by atoms with Gasteiger partial charge in [-0.2, -0.15) is 0 Å². The minimum Gasteiger partial charge on any atom is -0.493 e. The van der Waals surface area contributed by atoms with E-state index in [4.69, 9.17) is 9.47 Å². The summed E-state index contributed by atoms with van der Waals surface area (Å²) in [6.45, 7) is 4.34. The SMILES string of the molecule is COc1cccc([C@H]2N(Cc3ccccc3)c3ccc(S(=O)(=O)Nc4ccc(C)cc4)cc3C(=O)N2c2ccc(C)cc2)c1OC. The van der Waals surface area contributed by atoms with Gasteiger partial charge >= 0.3 is 0 Å². The molecule has 1 heterocycles. The van der Waals surface area contributed by atoms with E-state index in [-0.39, 0.29) is 16.4 Å². The van der Waals surface area contributed by atoms with Crippen molar-refractivity contribution in [3.8, 4) is 11.5 Å². The normalized spacial score (nSPS) is 14.5. The van der Waals surface area contributed by atoms with Crippen molar-refractivity contribution in [1.29, 1.82) is 0 Å². The number of para-hydroxylation sites is 1. The largest absolute Gasteiger partial charge is 0.493 e. The van der Waals surface area contributed by atoms with E-state index in [1.165, 1.54) is 6.07 Å². The molecule has 0 saturated heterocycles. The fourth-order valence-corrected chi connectivity index (χ4v) is 6.87. The van der Waals surface area contributed by atoms with Crippen LogP contribution in [0.5, 0.6) is 11.5 Å². The van der Waals surface area contributed by atoms with Gasteiger partial charge < -0.3 is 14.4 Å². The van der Waals surface area contributed by atoms with E-state index in [1.807, 2.05) is 98.8 Å². The zero-order valence-electron chi connectivity index (χ0n) is 26.1. The van der Waals surface area contributed by atoms with Crippen LogP contribution < -0.4 is 24.0 Å². The topological polar surface area (TPSA) is 88.2 Å². The van der Waals surface area contributed by atoms with Gasteiger partial charge in [-0.25, -0.2) is 8.42 Å². The molecule has 1 atom stereocenters. The maximum Gasteiger partial charge on any atom is 0.262 e. The molecule has 1 amide bonds. The van der Waals surface area contributed by atoms with Gasteiger partial charge in [0.15, 0.2) is 11.5 Å². The highest BCUT2D eigenvalue weighted by Crippen LogP contribution is 2.47. The summed E-state index contributed by atoms with van der Waals surface area (Å²) in [7, 11) is -0.851. The first-order valence-corrected chi connectivity index (χ1v) is 16.3. The molecule has 0 aliphatic carbocycles. The van der Waals surface area contributed by atoms with Gasteiger partial charge in [0.2, 0.25) is 0 Å². The van der Waals surface area contributed by atoms with Gasteiger partial charge in [0.25, 0.3) is 15.9 Å². The van der Waals surface area contributed by atoms with Crippen molar-refractivity contribution < 1.29 is 22.7 Å². The molecule has 6 rings (SSSR count). The summed E-state index contributed by atoms with van der Waals surface area (Å²) >= 11 is 0. The third-order valence-corrected chi connectivity index (χ3v) is 9.48. The van der Waals surface area contributed by atoms with Gasteiger partial charge in [-0.3, -0.25) is 14.4 Å². The number of hydrogen-bond acceptors (Lipinski definition) is 6. The van der Waals surface area contributed by atoms with Gasteiger partial charge in [0.1, 0.15) is 6.17 Å². The molecule has 8 nitrogen and oxygen atoms in total. The second-order valence-corrected chi connectivity index (χ2v) is 12.9. The van der Waals surface area contributed by atoms with E-state index in [1.54, 1.807) is 43.4 Å². The summed E-state index contributed by atoms with van der Waals surface area (Å²) in [5, 5.41) is 0. The lowest BCUT2D eigenvalue weighted by Crippen LogP contribution is -2.49. The number of benzene rings is 5. The van der Waals surface area contributed by atoms with Gasteiger partial charge in [-0.05, 0) is 67.9 Å². The molecule has 5 aromatic carbocycles. The molecule has 0 fully saturated rings. The monoisotopic (exact) mass is 633 g/mol. The molecule has 0 aromatic heterocycles. The number of methoxy groups -OCH3 is 2. The number of sulfonamides is 1. The number of nitrogens with one attached hydrogen (secondary N) is 1. The van der Waals surface area contributed by atoms with E-state index >= 15 is 0 Å². The van der Waals surface area contributed by atoms with Gasteiger partial charge in [-0.15, -0.1) is 0 Å². The molecule has 234 valence electrons. The van der Waals surface area contributed by atoms with Crippen LogP contribution in [0, 0.1) is 13.8 Å². The number of aryl methyl sites for hydroxylation is 2. The number of anilines is 3. The van der Waals surface area contributed by atoms with Crippen LogP contribution in [0.25, 0.3) is 0 Å². The Morgan fingerprint density at radius 1 is 0.761 bits per heavy atom. The summed E-state index contributed by atoms with van der Waals surface area (Å²) < 4.78 is 41.4. The fraction of sp³-hybridized carbons (Fsp3) is 0.162. The molecule has 0 saturated carbocycles. The third kappa shape index (κ3) is 5.89. The zero-order chi connectivity index (χ0) is 32.4. The van der Waals surface area contributed by atoms with Crippen LogP contribution in [0.4, 0.5) is 17.1 Å². The Labute approximate surface area is 269 Å². The van der Waals surface area contributed by atoms with Crippen LogP contribution in [0.15, 0.2) is 120 Å². The van der Waals surface area contributed by atoms with Crippen LogP contribution in [0.2, 0.25) is 0 Å². The summed E-state index contributed by atoms with van der Waals surface area (Å²) in [6, 6.07) is 35.1. The van der Waals surface area contributed by atoms with E-state index in [9.17, 15) is 13.2 Å². The number of rotatable bonds is 9. The molecule has 0 unspecified atom stereocenters. The molecule has 5 aromatic rings. The van der Waals surface area contributed by atoms with Crippen molar-refractivity contribution >= 4 is 33.0 Å². The Hall–Kier alpha value is -5.28. The number of carbonyl (C=O) groups is 1. The molecule has 0 bridgehead atoms. The van der Waals surface area contributed by atoms with Gasteiger partial charge in [-0.1, -0.05) is 77.9 Å². The van der Waals surface area contributed by atoms with Crippen LogP contribution in [0.3, 0.4) is 0 Å². The molecule has 1 aliphatic heterocycles. The Balaban J connectivity index is 1.56. The Morgan fingerprint density at radius 2 is 1.43 bits per heavy atom. The highest BCUT2D eigenvalue weighted by molar-refractivity contribution is 7.92. The predicted octanol–water partition coefficient (Wildman–Crippen LogP) is 7.49.